The Labute approximate surface area is 189 Å². The van der Waals surface area contributed by atoms with E-state index in [9.17, 15) is 23.3 Å². The molecule has 0 aromatic heterocycles. The van der Waals surface area contributed by atoms with E-state index in [1.807, 2.05) is 38.0 Å². The zero-order valence-electron chi connectivity index (χ0n) is 18.7. The Morgan fingerprint density at radius 1 is 1.00 bits per heavy atom. The minimum Gasteiger partial charge on any atom is -0.341 e. The number of rotatable bonds is 13. The van der Waals surface area contributed by atoms with Crippen LogP contribution in [0.5, 0.6) is 0 Å². The maximum atomic E-state index is 12.9. The molecule has 0 saturated carbocycles. The van der Waals surface area contributed by atoms with Crippen LogP contribution in [-0.2, 0) is 14.8 Å². The lowest BCUT2D eigenvalue weighted by Gasteiger charge is -2.26. The Morgan fingerprint density at radius 3 is 1.97 bits per heavy atom. The summed E-state index contributed by atoms with van der Waals surface area (Å²) < 4.78 is 26.6. The van der Waals surface area contributed by atoms with Crippen LogP contribution >= 0.6 is 11.6 Å². The van der Waals surface area contributed by atoms with Gasteiger partial charge in [-0.2, -0.15) is 4.31 Å². The molecule has 0 aliphatic heterocycles. The molecule has 1 aromatic rings. The Hall–Kier alpha value is -1.79. The van der Waals surface area contributed by atoms with Gasteiger partial charge in [-0.1, -0.05) is 11.6 Å². The molecule has 1 aromatic carbocycles. The van der Waals surface area contributed by atoms with Crippen LogP contribution in [0.2, 0.25) is 5.02 Å². The summed E-state index contributed by atoms with van der Waals surface area (Å²) in [5.41, 5.74) is -0.503. The molecule has 0 saturated heterocycles. The van der Waals surface area contributed by atoms with Crippen molar-refractivity contribution in [1.29, 1.82) is 0 Å². The van der Waals surface area contributed by atoms with Gasteiger partial charge in [-0.05, 0) is 66.3 Å². The summed E-state index contributed by atoms with van der Waals surface area (Å²) >= 11 is 5.77. The van der Waals surface area contributed by atoms with Crippen LogP contribution < -0.4 is 0 Å². The van der Waals surface area contributed by atoms with Gasteiger partial charge in [-0.25, -0.2) is 8.42 Å². The van der Waals surface area contributed by atoms with Crippen molar-refractivity contribution >= 4 is 33.2 Å². The van der Waals surface area contributed by atoms with Crippen molar-refractivity contribution in [3.63, 3.8) is 0 Å². The molecule has 0 radical (unpaired) electrons. The third-order valence-corrected chi connectivity index (χ3v) is 6.72. The number of hydrogen-bond donors (Lipinski definition) is 0. The minimum atomic E-state index is -4.10. The zero-order valence-corrected chi connectivity index (χ0v) is 20.3. The Bertz CT molecular complexity index is 849. The van der Waals surface area contributed by atoms with Crippen LogP contribution in [-0.4, -0.2) is 106 Å². The van der Waals surface area contributed by atoms with E-state index >= 15 is 0 Å². The van der Waals surface area contributed by atoms with E-state index in [0.717, 1.165) is 42.4 Å². The molecule has 0 atom stereocenters. The highest BCUT2D eigenvalue weighted by molar-refractivity contribution is 7.89. The fraction of sp³-hybridized carbons (Fsp3) is 0.632. The molecule has 0 bridgehead atoms. The lowest BCUT2D eigenvalue weighted by molar-refractivity contribution is -0.384. The van der Waals surface area contributed by atoms with Crippen molar-refractivity contribution in [3.05, 3.63) is 33.3 Å². The molecule has 0 N–H and O–H groups in total. The first kappa shape index (κ1) is 27.2. The molecule has 31 heavy (non-hydrogen) atoms. The summed E-state index contributed by atoms with van der Waals surface area (Å²) in [5.74, 6) is -0.313. The molecule has 176 valence electrons. The first-order valence-corrected chi connectivity index (χ1v) is 11.7. The van der Waals surface area contributed by atoms with Gasteiger partial charge >= 0.3 is 0 Å². The second-order valence-electron chi connectivity index (χ2n) is 7.83. The number of halogens is 1. The van der Waals surface area contributed by atoms with Gasteiger partial charge in [0, 0.05) is 26.2 Å². The van der Waals surface area contributed by atoms with Gasteiger partial charge in [0.1, 0.15) is 5.02 Å². The van der Waals surface area contributed by atoms with E-state index in [-0.39, 0.29) is 22.4 Å². The molecular formula is C19H32ClN5O5S. The molecule has 0 spiro atoms. The zero-order chi connectivity index (χ0) is 23.8. The van der Waals surface area contributed by atoms with Crippen molar-refractivity contribution in [2.45, 2.75) is 17.7 Å². The fourth-order valence-corrected chi connectivity index (χ4v) is 4.19. The Balaban J connectivity index is 2.94. The smallest absolute Gasteiger partial charge is 0.289 e. The second kappa shape index (κ2) is 12.3. The summed E-state index contributed by atoms with van der Waals surface area (Å²) in [4.78, 5) is 28.6. The minimum absolute atomic E-state index is 0.157. The van der Waals surface area contributed by atoms with Gasteiger partial charge in [0.25, 0.3) is 5.69 Å². The first-order chi connectivity index (χ1) is 14.4. The van der Waals surface area contributed by atoms with Gasteiger partial charge in [0.15, 0.2) is 0 Å². The molecule has 1 amide bonds. The van der Waals surface area contributed by atoms with Gasteiger partial charge in [-0.15, -0.1) is 0 Å². The van der Waals surface area contributed by atoms with Gasteiger partial charge in [0.05, 0.1) is 16.4 Å². The summed E-state index contributed by atoms with van der Waals surface area (Å²) in [6.45, 7) is 2.29. The van der Waals surface area contributed by atoms with E-state index in [4.69, 9.17) is 11.6 Å². The van der Waals surface area contributed by atoms with E-state index in [1.165, 1.54) is 13.1 Å². The Kier molecular flexibility index (Phi) is 10.8. The number of amides is 1. The molecule has 0 aliphatic rings. The first-order valence-electron chi connectivity index (χ1n) is 9.83. The standard InChI is InChI=1S/C19H32ClN5O5S/c1-21(2)10-6-12-24(13-7-11-22(3)4)19(26)15-23(5)31(29,30)16-8-9-17(20)18(14-16)25(27)28/h8-9,14H,6-7,10-13,15H2,1-5H3. The quantitative estimate of drug-likeness (QED) is 0.313. The van der Waals surface area contributed by atoms with Crippen molar-refractivity contribution in [1.82, 2.24) is 19.0 Å². The molecule has 10 nitrogen and oxygen atoms in total. The molecule has 1 rings (SSSR count). The topological polar surface area (TPSA) is 107 Å². The number of sulfonamides is 1. The van der Waals surface area contributed by atoms with Crippen LogP contribution in [0.1, 0.15) is 12.8 Å². The van der Waals surface area contributed by atoms with Crippen LogP contribution in [0.4, 0.5) is 5.69 Å². The highest BCUT2D eigenvalue weighted by atomic mass is 35.5. The normalized spacial score (nSPS) is 12.0. The van der Waals surface area contributed by atoms with E-state index in [0.29, 0.717) is 13.1 Å². The van der Waals surface area contributed by atoms with E-state index < -0.39 is 20.6 Å². The molecular weight excluding hydrogens is 446 g/mol. The van der Waals surface area contributed by atoms with E-state index in [1.54, 1.807) is 4.90 Å². The van der Waals surface area contributed by atoms with Crippen LogP contribution in [0, 0.1) is 10.1 Å². The number of hydrogen-bond acceptors (Lipinski definition) is 7. The second-order valence-corrected chi connectivity index (χ2v) is 10.3. The van der Waals surface area contributed by atoms with Crippen molar-refractivity contribution in [2.75, 3.05) is 68.0 Å². The number of likely N-dealkylation sites (N-methyl/N-ethyl adjacent to an activating group) is 1. The van der Waals surface area contributed by atoms with Gasteiger partial charge in [0.2, 0.25) is 15.9 Å². The molecule has 0 aliphatic carbocycles. The number of nitro groups is 1. The summed E-state index contributed by atoms with van der Waals surface area (Å²) in [6.07, 6.45) is 1.53. The number of carbonyl (C=O) groups is 1. The van der Waals surface area contributed by atoms with Crippen LogP contribution in [0.3, 0.4) is 0 Å². The van der Waals surface area contributed by atoms with Gasteiger partial charge in [-0.3, -0.25) is 14.9 Å². The average molecular weight is 478 g/mol. The largest absolute Gasteiger partial charge is 0.341 e. The van der Waals surface area contributed by atoms with Crippen LogP contribution in [0.25, 0.3) is 0 Å². The maximum Gasteiger partial charge on any atom is 0.289 e. The lowest BCUT2D eigenvalue weighted by atomic mass is 10.3. The van der Waals surface area contributed by atoms with Gasteiger partial charge < -0.3 is 14.7 Å². The summed E-state index contributed by atoms with van der Waals surface area (Å²) in [7, 11) is 4.97. The molecule has 0 fully saturated rings. The third kappa shape index (κ3) is 8.69. The Morgan fingerprint density at radius 2 is 1.52 bits per heavy atom. The average Bonchev–Trinajstić information content (AvgIpc) is 2.65. The highest BCUT2D eigenvalue weighted by Crippen LogP contribution is 2.28. The fourth-order valence-electron chi connectivity index (χ4n) is 2.87. The number of carbonyl (C=O) groups excluding carboxylic acids is 1. The third-order valence-electron chi connectivity index (χ3n) is 4.60. The molecule has 0 unspecified atom stereocenters. The maximum absolute atomic E-state index is 12.9. The highest BCUT2D eigenvalue weighted by Gasteiger charge is 2.27. The predicted molar refractivity (Wildman–Crippen MR) is 121 cm³/mol. The summed E-state index contributed by atoms with van der Waals surface area (Å²) in [6, 6.07) is 3.26. The van der Waals surface area contributed by atoms with E-state index in [2.05, 4.69) is 0 Å². The monoisotopic (exact) mass is 477 g/mol. The molecule has 0 heterocycles. The predicted octanol–water partition coefficient (Wildman–Crippen LogP) is 1.60. The van der Waals surface area contributed by atoms with Crippen LogP contribution in [0.15, 0.2) is 23.1 Å². The molecule has 12 heteroatoms. The van der Waals surface area contributed by atoms with Crippen molar-refractivity contribution in [2.24, 2.45) is 0 Å². The number of nitro benzene ring substituents is 1. The summed E-state index contributed by atoms with van der Waals surface area (Å²) in [5, 5.41) is 10.9. The number of nitrogens with zero attached hydrogens (tertiary/aromatic N) is 5. The number of benzene rings is 1. The van der Waals surface area contributed by atoms with Crippen molar-refractivity contribution in [3.8, 4) is 0 Å². The SMILES string of the molecule is CN(C)CCCN(CCCN(C)C)C(=O)CN(C)S(=O)(=O)c1ccc(Cl)c([N+](=O)[O-])c1. The lowest BCUT2D eigenvalue weighted by Crippen LogP contribution is -2.43. The van der Waals surface area contributed by atoms with Crippen molar-refractivity contribution < 1.29 is 18.1 Å².